The summed E-state index contributed by atoms with van der Waals surface area (Å²) in [6, 6.07) is 0.619. The Bertz CT molecular complexity index is 173. The van der Waals surface area contributed by atoms with Gasteiger partial charge < -0.3 is 15.0 Å². The van der Waals surface area contributed by atoms with Crippen molar-refractivity contribution in [3.63, 3.8) is 0 Å². The summed E-state index contributed by atoms with van der Waals surface area (Å²) < 4.78 is 5.36. The Balaban J connectivity index is 2.27. The molecule has 0 aromatic heterocycles. The van der Waals surface area contributed by atoms with E-state index < -0.39 is 0 Å². The van der Waals surface area contributed by atoms with Crippen molar-refractivity contribution in [1.82, 2.24) is 10.2 Å². The number of ether oxygens (including phenoxy) is 1. The first kappa shape index (κ1) is 12.9. The number of rotatable bonds is 6. The molecule has 0 radical (unpaired) electrons. The van der Waals surface area contributed by atoms with Crippen LogP contribution in [-0.2, 0) is 4.74 Å². The number of hydrogen-bond donors (Lipinski definition) is 1. The topological polar surface area (TPSA) is 24.5 Å². The van der Waals surface area contributed by atoms with Gasteiger partial charge in [-0.15, -0.1) is 0 Å². The average Bonchev–Trinajstić information content (AvgIpc) is 2.64. The summed E-state index contributed by atoms with van der Waals surface area (Å²) in [4.78, 5) is 2.53. The second-order valence-electron chi connectivity index (χ2n) is 4.94. The Labute approximate surface area is 94.2 Å². The van der Waals surface area contributed by atoms with Gasteiger partial charge in [0.25, 0.3) is 0 Å². The van der Waals surface area contributed by atoms with E-state index in [0.29, 0.717) is 12.1 Å². The number of nitrogens with one attached hydrogen (secondary N) is 1. The second-order valence-corrected chi connectivity index (χ2v) is 4.94. The van der Waals surface area contributed by atoms with Gasteiger partial charge in [0.05, 0.1) is 6.10 Å². The molecule has 1 aliphatic heterocycles. The number of hydrogen-bond acceptors (Lipinski definition) is 3. The number of likely N-dealkylation sites (N-methyl/N-ethyl adjacent to an activating group) is 1. The molecule has 0 saturated carbocycles. The van der Waals surface area contributed by atoms with Crippen LogP contribution in [0, 0.1) is 5.92 Å². The molecule has 0 aromatic carbocycles. The second kappa shape index (κ2) is 6.46. The fourth-order valence-corrected chi connectivity index (χ4v) is 2.26. The van der Waals surface area contributed by atoms with Gasteiger partial charge in [0.1, 0.15) is 0 Å². The minimum absolute atomic E-state index is 0.424. The lowest BCUT2D eigenvalue weighted by Crippen LogP contribution is -2.39. The molecule has 1 N–H and O–H groups in total. The summed E-state index contributed by atoms with van der Waals surface area (Å²) >= 11 is 0. The van der Waals surface area contributed by atoms with Gasteiger partial charge in [0.15, 0.2) is 0 Å². The predicted octanol–water partition coefficient (Wildman–Crippen LogP) is 1.34. The highest BCUT2D eigenvalue weighted by molar-refractivity contribution is 4.84. The van der Waals surface area contributed by atoms with Gasteiger partial charge in [-0.25, -0.2) is 0 Å². The quantitative estimate of drug-likeness (QED) is 0.722. The van der Waals surface area contributed by atoms with Crippen LogP contribution in [0.3, 0.4) is 0 Å². The zero-order chi connectivity index (χ0) is 11.3. The van der Waals surface area contributed by atoms with Crippen molar-refractivity contribution in [1.29, 1.82) is 0 Å². The Morgan fingerprint density at radius 1 is 1.47 bits per heavy atom. The van der Waals surface area contributed by atoms with Crippen LogP contribution in [0.2, 0.25) is 0 Å². The first-order chi connectivity index (χ1) is 7.15. The molecule has 1 heterocycles. The first-order valence-corrected chi connectivity index (χ1v) is 6.14. The Kier molecular flexibility index (Phi) is 5.58. The smallest absolute Gasteiger partial charge is 0.0711 e. The monoisotopic (exact) mass is 214 g/mol. The zero-order valence-corrected chi connectivity index (χ0v) is 10.6. The number of methoxy groups -OCH3 is 1. The molecule has 2 unspecified atom stereocenters. The molecule has 1 rings (SSSR count). The zero-order valence-electron chi connectivity index (χ0n) is 10.6. The highest BCUT2D eigenvalue weighted by Crippen LogP contribution is 2.11. The summed E-state index contributed by atoms with van der Waals surface area (Å²) in [6.45, 7) is 11.3. The normalized spacial score (nSPS) is 26.8. The van der Waals surface area contributed by atoms with E-state index in [0.717, 1.165) is 32.0 Å². The van der Waals surface area contributed by atoms with E-state index in [-0.39, 0.29) is 0 Å². The highest BCUT2D eigenvalue weighted by atomic mass is 16.5. The van der Waals surface area contributed by atoms with Crippen LogP contribution in [0.1, 0.15) is 27.2 Å². The van der Waals surface area contributed by atoms with Crippen molar-refractivity contribution < 1.29 is 4.74 Å². The molecule has 1 fully saturated rings. The van der Waals surface area contributed by atoms with E-state index in [1.54, 1.807) is 7.11 Å². The summed E-state index contributed by atoms with van der Waals surface area (Å²) in [7, 11) is 1.81. The Morgan fingerprint density at radius 3 is 2.67 bits per heavy atom. The maximum atomic E-state index is 5.36. The minimum Gasteiger partial charge on any atom is -0.380 e. The first-order valence-electron chi connectivity index (χ1n) is 6.14. The van der Waals surface area contributed by atoms with Crippen LogP contribution >= 0.6 is 0 Å². The minimum atomic E-state index is 0.424. The van der Waals surface area contributed by atoms with Gasteiger partial charge >= 0.3 is 0 Å². The highest BCUT2D eigenvalue weighted by Gasteiger charge is 2.25. The molecule has 0 aliphatic carbocycles. The molecule has 3 nitrogen and oxygen atoms in total. The van der Waals surface area contributed by atoms with E-state index >= 15 is 0 Å². The largest absolute Gasteiger partial charge is 0.380 e. The maximum absolute atomic E-state index is 5.36. The molecule has 1 saturated heterocycles. The summed E-state index contributed by atoms with van der Waals surface area (Å²) in [6.07, 6.45) is 1.58. The van der Waals surface area contributed by atoms with E-state index in [9.17, 15) is 0 Å². The molecule has 0 bridgehead atoms. The third-order valence-electron chi connectivity index (χ3n) is 3.06. The van der Waals surface area contributed by atoms with Crippen molar-refractivity contribution in [3.05, 3.63) is 0 Å². The molecule has 1 aliphatic rings. The lowest BCUT2D eigenvalue weighted by atomic mass is 10.1. The van der Waals surface area contributed by atoms with Crippen LogP contribution < -0.4 is 5.32 Å². The van der Waals surface area contributed by atoms with Gasteiger partial charge in [-0.1, -0.05) is 20.8 Å². The summed E-state index contributed by atoms with van der Waals surface area (Å²) in [5, 5.41) is 3.53. The van der Waals surface area contributed by atoms with E-state index in [1.165, 1.54) is 6.54 Å². The van der Waals surface area contributed by atoms with Crippen molar-refractivity contribution in [3.8, 4) is 0 Å². The standard InChI is InChI=1S/C12H26N2O/c1-5-14(8-10(2)3)9-11-6-12(15-4)7-13-11/h10-13H,5-9H2,1-4H3. The predicted molar refractivity (Wildman–Crippen MR) is 64.2 cm³/mol. The average molecular weight is 214 g/mol. The molecule has 0 amide bonds. The van der Waals surface area contributed by atoms with Crippen LogP contribution in [-0.4, -0.2) is 50.3 Å². The van der Waals surface area contributed by atoms with Crippen molar-refractivity contribution >= 4 is 0 Å². The van der Waals surface area contributed by atoms with Gasteiger partial charge in [0.2, 0.25) is 0 Å². The third kappa shape index (κ3) is 4.49. The van der Waals surface area contributed by atoms with Crippen molar-refractivity contribution in [2.75, 3.05) is 33.3 Å². The van der Waals surface area contributed by atoms with E-state index in [4.69, 9.17) is 4.74 Å². The van der Waals surface area contributed by atoms with Gasteiger partial charge in [-0.05, 0) is 18.9 Å². The summed E-state index contributed by atoms with van der Waals surface area (Å²) in [5.74, 6) is 0.754. The van der Waals surface area contributed by atoms with Gasteiger partial charge in [0, 0.05) is 32.8 Å². The number of nitrogens with zero attached hydrogens (tertiary/aromatic N) is 1. The Morgan fingerprint density at radius 2 is 2.20 bits per heavy atom. The molecule has 3 heteroatoms. The van der Waals surface area contributed by atoms with Crippen LogP contribution in [0.25, 0.3) is 0 Å². The van der Waals surface area contributed by atoms with Crippen LogP contribution in [0.15, 0.2) is 0 Å². The molecular weight excluding hydrogens is 188 g/mol. The van der Waals surface area contributed by atoms with Crippen LogP contribution in [0.5, 0.6) is 0 Å². The lowest BCUT2D eigenvalue weighted by Gasteiger charge is -2.25. The van der Waals surface area contributed by atoms with Crippen LogP contribution in [0.4, 0.5) is 0 Å². The maximum Gasteiger partial charge on any atom is 0.0711 e. The molecule has 0 aromatic rings. The lowest BCUT2D eigenvalue weighted by molar-refractivity contribution is 0.115. The SMILES string of the molecule is CCN(CC(C)C)CC1CC(OC)CN1. The molecular formula is C12H26N2O. The fraction of sp³-hybridized carbons (Fsp3) is 1.00. The molecule has 0 spiro atoms. The van der Waals surface area contributed by atoms with E-state index in [1.807, 2.05) is 0 Å². The van der Waals surface area contributed by atoms with Crippen molar-refractivity contribution in [2.45, 2.75) is 39.3 Å². The fourth-order valence-electron chi connectivity index (χ4n) is 2.26. The molecule has 90 valence electrons. The summed E-state index contributed by atoms with van der Waals surface area (Å²) in [5.41, 5.74) is 0. The molecule has 2 atom stereocenters. The van der Waals surface area contributed by atoms with Crippen molar-refractivity contribution in [2.24, 2.45) is 5.92 Å². The van der Waals surface area contributed by atoms with E-state index in [2.05, 4.69) is 31.0 Å². The molecule has 15 heavy (non-hydrogen) atoms. The van der Waals surface area contributed by atoms with Gasteiger partial charge in [-0.3, -0.25) is 0 Å². The third-order valence-corrected chi connectivity index (χ3v) is 3.06. The Hall–Kier alpha value is -0.120. The van der Waals surface area contributed by atoms with Gasteiger partial charge in [-0.2, -0.15) is 0 Å².